The van der Waals surface area contributed by atoms with Crippen LogP contribution in [0.15, 0.2) is 0 Å². The predicted octanol–water partition coefficient (Wildman–Crippen LogP) is 2.61. The summed E-state index contributed by atoms with van der Waals surface area (Å²) in [4.78, 5) is 43.1. The monoisotopic (exact) mass is 395 g/mol. The lowest BCUT2D eigenvalue weighted by Crippen LogP contribution is -2.60. The SMILES string of the molecule is COC1CCC(N2C(=O)N(C)C(=O)C23CCN(C(=O)OC(C)(C)C)CC3)CC1. The number of piperidine rings is 1. The molecule has 2 aliphatic heterocycles. The Morgan fingerprint density at radius 1 is 1.07 bits per heavy atom. The number of hydrogen-bond acceptors (Lipinski definition) is 5. The maximum Gasteiger partial charge on any atom is 0.410 e. The summed E-state index contributed by atoms with van der Waals surface area (Å²) < 4.78 is 10.9. The summed E-state index contributed by atoms with van der Waals surface area (Å²) in [5.74, 6) is -0.143. The molecular weight excluding hydrogens is 362 g/mol. The number of urea groups is 1. The van der Waals surface area contributed by atoms with E-state index in [0.717, 1.165) is 25.7 Å². The van der Waals surface area contributed by atoms with Crippen LogP contribution in [0.3, 0.4) is 0 Å². The van der Waals surface area contributed by atoms with Crippen molar-refractivity contribution in [1.82, 2.24) is 14.7 Å². The van der Waals surface area contributed by atoms with Gasteiger partial charge in [-0.1, -0.05) is 0 Å². The summed E-state index contributed by atoms with van der Waals surface area (Å²) in [6, 6.07) is -0.169. The van der Waals surface area contributed by atoms with E-state index in [4.69, 9.17) is 9.47 Å². The minimum atomic E-state index is -0.838. The van der Waals surface area contributed by atoms with E-state index in [2.05, 4.69) is 0 Å². The molecule has 1 spiro atoms. The summed E-state index contributed by atoms with van der Waals surface area (Å²) in [5.41, 5.74) is -1.40. The summed E-state index contributed by atoms with van der Waals surface area (Å²) in [7, 11) is 3.28. The highest BCUT2D eigenvalue weighted by Crippen LogP contribution is 2.41. The molecule has 8 heteroatoms. The highest BCUT2D eigenvalue weighted by atomic mass is 16.6. The molecule has 2 heterocycles. The van der Waals surface area contributed by atoms with Crippen molar-refractivity contribution >= 4 is 18.0 Å². The van der Waals surface area contributed by atoms with Gasteiger partial charge in [-0.15, -0.1) is 0 Å². The van der Waals surface area contributed by atoms with Crippen LogP contribution in [0.1, 0.15) is 59.3 Å². The van der Waals surface area contributed by atoms with E-state index in [1.54, 1.807) is 19.1 Å². The van der Waals surface area contributed by atoms with E-state index < -0.39 is 11.1 Å². The normalized spacial score (nSPS) is 28.2. The van der Waals surface area contributed by atoms with Crippen molar-refractivity contribution in [3.8, 4) is 0 Å². The van der Waals surface area contributed by atoms with Gasteiger partial charge in [0.25, 0.3) is 5.91 Å². The molecule has 0 atom stereocenters. The Balaban J connectivity index is 1.74. The van der Waals surface area contributed by atoms with Gasteiger partial charge in [0.1, 0.15) is 11.1 Å². The standard InChI is InChI=1S/C20H33N3O5/c1-19(2,3)28-18(26)22-12-10-20(11-13-22)16(24)21(4)17(25)23(20)14-6-8-15(27-5)9-7-14/h14-15H,6-13H2,1-5H3. The van der Waals surface area contributed by atoms with Crippen molar-refractivity contribution in [2.45, 2.75) is 82.6 Å². The van der Waals surface area contributed by atoms with Crippen LogP contribution in [-0.4, -0.2) is 83.3 Å². The fraction of sp³-hybridized carbons (Fsp3) is 0.850. The molecule has 8 nitrogen and oxygen atoms in total. The average Bonchev–Trinajstić information content (AvgIpc) is 2.82. The topological polar surface area (TPSA) is 79.4 Å². The van der Waals surface area contributed by atoms with Crippen molar-refractivity contribution in [1.29, 1.82) is 0 Å². The Morgan fingerprint density at radius 2 is 1.64 bits per heavy atom. The number of carbonyl (C=O) groups excluding carboxylic acids is 3. The molecule has 1 saturated carbocycles. The first-order valence-corrected chi connectivity index (χ1v) is 10.2. The van der Waals surface area contributed by atoms with Crippen molar-refractivity contribution in [3.05, 3.63) is 0 Å². The zero-order chi connectivity index (χ0) is 20.7. The highest BCUT2D eigenvalue weighted by Gasteiger charge is 2.59. The molecule has 158 valence electrons. The summed E-state index contributed by atoms with van der Waals surface area (Å²) in [5, 5.41) is 0. The third kappa shape index (κ3) is 3.71. The number of likely N-dealkylation sites (tertiary alicyclic amines) is 1. The van der Waals surface area contributed by atoms with Gasteiger partial charge < -0.3 is 19.3 Å². The number of carbonyl (C=O) groups is 3. The molecule has 0 aromatic carbocycles. The summed E-state index contributed by atoms with van der Waals surface area (Å²) in [6.07, 6.45) is 4.22. The van der Waals surface area contributed by atoms with Gasteiger partial charge in [0.2, 0.25) is 0 Å². The largest absolute Gasteiger partial charge is 0.444 e. The van der Waals surface area contributed by atoms with E-state index in [1.165, 1.54) is 4.90 Å². The van der Waals surface area contributed by atoms with Crippen LogP contribution >= 0.6 is 0 Å². The molecule has 0 N–H and O–H groups in total. The molecule has 3 rings (SSSR count). The molecule has 0 bridgehead atoms. The lowest BCUT2D eigenvalue weighted by Gasteiger charge is -2.46. The smallest absolute Gasteiger partial charge is 0.410 e. The quantitative estimate of drug-likeness (QED) is 0.672. The van der Waals surface area contributed by atoms with Crippen LogP contribution < -0.4 is 0 Å². The molecule has 0 aromatic rings. The van der Waals surface area contributed by atoms with Gasteiger partial charge in [0.05, 0.1) is 6.10 Å². The average molecular weight is 396 g/mol. The first kappa shape index (κ1) is 20.9. The molecule has 1 aliphatic carbocycles. The zero-order valence-corrected chi connectivity index (χ0v) is 17.7. The maximum atomic E-state index is 13.1. The lowest BCUT2D eigenvalue weighted by atomic mass is 9.82. The Bertz CT molecular complexity index is 628. The van der Waals surface area contributed by atoms with Gasteiger partial charge in [-0.25, -0.2) is 9.59 Å². The third-order valence-corrected chi connectivity index (χ3v) is 6.24. The number of methoxy groups -OCH3 is 1. The maximum absolute atomic E-state index is 13.1. The van der Waals surface area contributed by atoms with Crippen molar-refractivity contribution < 1.29 is 23.9 Å². The Morgan fingerprint density at radius 3 is 2.14 bits per heavy atom. The van der Waals surface area contributed by atoms with Crippen LogP contribution in [0.2, 0.25) is 0 Å². The second-order valence-electron chi connectivity index (χ2n) is 9.18. The predicted molar refractivity (Wildman–Crippen MR) is 103 cm³/mol. The van der Waals surface area contributed by atoms with Crippen LogP contribution in [0, 0.1) is 0 Å². The van der Waals surface area contributed by atoms with Crippen LogP contribution in [0.4, 0.5) is 9.59 Å². The van der Waals surface area contributed by atoms with Crippen molar-refractivity contribution in [3.63, 3.8) is 0 Å². The van der Waals surface area contributed by atoms with Gasteiger partial charge in [-0.05, 0) is 59.3 Å². The Kier molecular flexibility index (Phi) is 5.62. The lowest BCUT2D eigenvalue weighted by molar-refractivity contribution is -0.136. The number of nitrogens with zero attached hydrogens (tertiary/aromatic N) is 3. The van der Waals surface area contributed by atoms with E-state index in [0.29, 0.717) is 25.9 Å². The molecule has 2 saturated heterocycles. The summed E-state index contributed by atoms with van der Waals surface area (Å²) >= 11 is 0. The Labute approximate surface area is 167 Å². The number of rotatable bonds is 2. The molecule has 0 aromatic heterocycles. The minimum absolute atomic E-state index is 0.0425. The minimum Gasteiger partial charge on any atom is -0.444 e. The molecular formula is C20H33N3O5. The summed E-state index contributed by atoms with van der Waals surface area (Å²) in [6.45, 7) is 6.32. The highest BCUT2D eigenvalue weighted by molar-refractivity contribution is 6.07. The molecule has 0 radical (unpaired) electrons. The first-order valence-electron chi connectivity index (χ1n) is 10.2. The van der Waals surface area contributed by atoms with E-state index in [-0.39, 0.29) is 30.2 Å². The zero-order valence-electron chi connectivity index (χ0n) is 17.7. The van der Waals surface area contributed by atoms with Gasteiger partial charge >= 0.3 is 12.1 Å². The Hall–Kier alpha value is -1.83. The molecule has 3 fully saturated rings. The van der Waals surface area contributed by atoms with Gasteiger partial charge in [-0.3, -0.25) is 9.69 Å². The number of hydrogen-bond donors (Lipinski definition) is 0. The fourth-order valence-electron chi connectivity index (χ4n) is 4.73. The first-order chi connectivity index (χ1) is 13.1. The van der Waals surface area contributed by atoms with Crippen LogP contribution in [-0.2, 0) is 14.3 Å². The second-order valence-corrected chi connectivity index (χ2v) is 9.18. The number of imide groups is 1. The second kappa shape index (κ2) is 7.54. The number of amides is 4. The molecule has 3 aliphatic rings. The van der Waals surface area contributed by atoms with E-state index in [1.807, 2.05) is 25.7 Å². The molecule has 4 amide bonds. The number of likely N-dealkylation sites (N-methyl/N-ethyl adjacent to an activating group) is 1. The van der Waals surface area contributed by atoms with Gasteiger partial charge in [-0.2, -0.15) is 0 Å². The third-order valence-electron chi connectivity index (χ3n) is 6.24. The van der Waals surface area contributed by atoms with E-state index >= 15 is 0 Å². The van der Waals surface area contributed by atoms with Gasteiger partial charge in [0.15, 0.2) is 0 Å². The van der Waals surface area contributed by atoms with Gasteiger partial charge in [0, 0.05) is 33.3 Å². The van der Waals surface area contributed by atoms with Crippen molar-refractivity contribution in [2.75, 3.05) is 27.2 Å². The number of ether oxygens (including phenoxy) is 2. The van der Waals surface area contributed by atoms with Crippen LogP contribution in [0.25, 0.3) is 0 Å². The van der Waals surface area contributed by atoms with Crippen molar-refractivity contribution in [2.24, 2.45) is 0 Å². The van der Waals surface area contributed by atoms with Crippen LogP contribution in [0.5, 0.6) is 0 Å². The van der Waals surface area contributed by atoms with E-state index in [9.17, 15) is 14.4 Å². The fourth-order valence-corrected chi connectivity index (χ4v) is 4.73. The molecule has 0 unspecified atom stereocenters. The molecule has 28 heavy (non-hydrogen) atoms.